The van der Waals surface area contributed by atoms with Gasteiger partial charge in [0.25, 0.3) is 0 Å². The van der Waals surface area contributed by atoms with E-state index >= 15 is 0 Å². The van der Waals surface area contributed by atoms with Crippen molar-refractivity contribution in [1.82, 2.24) is 5.32 Å². The standard InChI is InChI=1S/C16H31N/c1-14-8-7-11-16(12-14)17-13-15-9-5-3-2-4-6-10-15/h14-17H,2-13H2,1H3. The fourth-order valence-electron chi connectivity index (χ4n) is 3.70. The summed E-state index contributed by atoms with van der Waals surface area (Å²) >= 11 is 0. The van der Waals surface area contributed by atoms with Crippen molar-refractivity contribution >= 4 is 0 Å². The molecule has 0 aromatic carbocycles. The minimum absolute atomic E-state index is 0.837. The van der Waals surface area contributed by atoms with E-state index < -0.39 is 0 Å². The van der Waals surface area contributed by atoms with Crippen LogP contribution in [-0.2, 0) is 0 Å². The molecule has 0 amide bonds. The highest BCUT2D eigenvalue weighted by atomic mass is 14.9. The lowest BCUT2D eigenvalue weighted by atomic mass is 9.86. The van der Waals surface area contributed by atoms with Crippen molar-refractivity contribution in [2.45, 2.75) is 83.6 Å². The van der Waals surface area contributed by atoms with Gasteiger partial charge >= 0.3 is 0 Å². The van der Waals surface area contributed by atoms with Crippen molar-refractivity contribution in [3.05, 3.63) is 0 Å². The monoisotopic (exact) mass is 237 g/mol. The zero-order valence-electron chi connectivity index (χ0n) is 11.7. The average Bonchev–Trinajstić information content (AvgIpc) is 2.27. The third kappa shape index (κ3) is 4.99. The third-order valence-electron chi connectivity index (χ3n) is 4.86. The van der Waals surface area contributed by atoms with Gasteiger partial charge in [-0.25, -0.2) is 0 Å². The maximum absolute atomic E-state index is 3.87. The lowest BCUT2D eigenvalue weighted by molar-refractivity contribution is 0.274. The van der Waals surface area contributed by atoms with Gasteiger partial charge in [0.1, 0.15) is 0 Å². The molecule has 2 aliphatic carbocycles. The van der Waals surface area contributed by atoms with Crippen LogP contribution in [-0.4, -0.2) is 12.6 Å². The average molecular weight is 237 g/mol. The molecule has 0 aliphatic heterocycles. The summed E-state index contributed by atoms with van der Waals surface area (Å²) in [4.78, 5) is 0. The Kier molecular flexibility index (Phi) is 5.84. The summed E-state index contributed by atoms with van der Waals surface area (Å²) < 4.78 is 0. The summed E-state index contributed by atoms with van der Waals surface area (Å²) in [5.41, 5.74) is 0. The molecular formula is C16H31N. The SMILES string of the molecule is CC1CCCC(NCC2CCCCCCC2)C1. The second-order valence-electron chi connectivity index (χ2n) is 6.59. The molecule has 2 atom stereocenters. The molecule has 0 radical (unpaired) electrons. The first-order valence-corrected chi connectivity index (χ1v) is 8.08. The van der Waals surface area contributed by atoms with Gasteiger partial charge in [-0.15, -0.1) is 0 Å². The summed E-state index contributed by atoms with van der Waals surface area (Å²) in [5.74, 6) is 1.94. The maximum Gasteiger partial charge on any atom is 0.00697 e. The fourth-order valence-corrected chi connectivity index (χ4v) is 3.70. The van der Waals surface area contributed by atoms with Crippen molar-refractivity contribution in [2.75, 3.05) is 6.54 Å². The molecule has 2 unspecified atom stereocenters. The number of hydrogen-bond acceptors (Lipinski definition) is 1. The van der Waals surface area contributed by atoms with Crippen LogP contribution in [0.1, 0.15) is 77.6 Å². The maximum atomic E-state index is 3.87. The molecule has 0 bridgehead atoms. The van der Waals surface area contributed by atoms with Crippen LogP contribution in [0, 0.1) is 11.8 Å². The Morgan fingerprint density at radius 3 is 2.24 bits per heavy atom. The van der Waals surface area contributed by atoms with Crippen LogP contribution in [0.3, 0.4) is 0 Å². The lowest BCUT2D eigenvalue weighted by Crippen LogP contribution is -2.36. The van der Waals surface area contributed by atoms with Crippen molar-refractivity contribution in [3.63, 3.8) is 0 Å². The Morgan fingerprint density at radius 2 is 1.53 bits per heavy atom. The van der Waals surface area contributed by atoms with Crippen LogP contribution in [0.25, 0.3) is 0 Å². The second-order valence-corrected chi connectivity index (χ2v) is 6.59. The lowest BCUT2D eigenvalue weighted by Gasteiger charge is -2.29. The summed E-state index contributed by atoms with van der Waals surface area (Å²) in [7, 11) is 0. The smallest absolute Gasteiger partial charge is 0.00697 e. The first-order valence-electron chi connectivity index (χ1n) is 8.08. The molecule has 2 rings (SSSR count). The van der Waals surface area contributed by atoms with Gasteiger partial charge in [-0.1, -0.05) is 51.9 Å². The molecule has 2 fully saturated rings. The Hall–Kier alpha value is -0.0400. The van der Waals surface area contributed by atoms with Crippen molar-refractivity contribution in [2.24, 2.45) is 11.8 Å². The van der Waals surface area contributed by atoms with Crippen molar-refractivity contribution in [3.8, 4) is 0 Å². The van der Waals surface area contributed by atoms with Gasteiger partial charge in [-0.3, -0.25) is 0 Å². The topological polar surface area (TPSA) is 12.0 Å². The van der Waals surface area contributed by atoms with E-state index in [9.17, 15) is 0 Å². The molecule has 0 aromatic heterocycles. The van der Waals surface area contributed by atoms with E-state index in [1.165, 1.54) is 77.2 Å². The molecule has 1 nitrogen and oxygen atoms in total. The van der Waals surface area contributed by atoms with E-state index in [2.05, 4.69) is 12.2 Å². The Bertz CT molecular complexity index is 194. The molecule has 17 heavy (non-hydrogen) atoms. The van der Waals surface area contributed by atoms with Gasteiger partial charge in [0, 0.05) is 6.04 Å². The van der Waals surface area contributed by atoms with Crippen LogP contribution in [0.2, 0.25) is 0 Å². The molecule has 1 N–H and O–H groups in total. The highest BCUT2D eigenvalue weighted by molar-refractivity contribution is 4.77. The molecule has 2 saturated carbocycles. The predicted octanol–water partition coefficient (Wildman–Crippen LogP) is 4.52. The Morgan fingerprint density at radius 1 is 0.824 bits per heavy atom. The minimum atomic E-state index is 0.837. The zero-order chi connectivity index (χ0) is 11.9. The summed E-state index contributed by atoms with van der Waals surface area (Å²) in [6.45, 7) is 3.72. The van der Waals surface area contributed by atoms with E-state index in [-0.39, 0.29) is 0 Å². The van der Waals surface area contributed by atoms with E-state index in [1.807, 2.05) is 0 Å². The van der Waals surface area contributed by atoms with E-state index in [0.717, 1.165) is 17.9 Å². The summed E-state index contributed by atoms with van der Waals surface area (Å²) in [5, 5.41) is 3.87. The third-order valence-corrected chi connectivity index (χ3v) is 4.86. The van der Waals surface area contributed by atoms with E-state index in [4.69, 9.17) is 0 Å². The van der Waals surface area contributed by atoms with Gasteiger partial charge < -0.3 is 5.32 Å². The highest BCUT2D eigenvalue weighted by Crippen LogP contribution is 2.25. The molecule has 0 spiro atoms. The molecular weight excluding hydrogens is 206 g/mol. The quantitative estimate of drug-likeness (QED) is 0.761. The van der Waals surface area contributed by atoms with Gasteiger partial charge in [0.15, 0.2) is 0 Å². The van der Waals surface area contributed by atoms with Gasteiger partial charge in [0.2, 0.25) is 0 Å². The van der Waals surface area contributed by atoms with Crippen LogP contribution < -0.4 is 5.32 Å². The molecule has 1 heteroatoms. The summed E-state index contributed by atoms with van der Waals surface area (Å²) in [6.07, 6.45) is 16.1. The molecule has 0 aromatic rings. The number of hydrogen-bond donors (Lipinski definition) is 1. The summed E-state index contributed by atoms with van der Waals surface area (Å²) in [6, 6.07) is 0.837. The highest BCUT2D eigenvalue weighted by Gasteiger charge is 2.19. The van der Waals surface area contributed by atoms with Gasteiger partial charge in [-0.05, 0) is 44.1 Å². The van der Waals surface area contributed by atoms with E-state index in [0.29, 0.717) is 0 Å². The Labute approximate surface area is 108 Å². The van der Waals surface area contributed by atoms with Crippen molar-refractivity contribution in [1.29, 1.82) is 0 Å². The van der Waals surface area contributed by atoms with Crippen LogP contribution in [0.15, 0.2) is 0 Å². The fraction of sp³-hybridized carbons (Fsp3) is 1.00. The van der Waals surface area contributed by atoms with Gasteiger partial charge in [0.05, 0.1) is 0 Å². The number of nitrogens with one attached hydrogen (secondary N) is 1. The van der Waals surface area contributed by atoms with Crippen LogP contribution in [0.4, 0.5) is 0 Å². The number of rotatable bonds is 3. The largest absolute Gasteiger partial charge is 0.314 e. The van der Waals surface area contributed by atoms with Crippen LogP contribution >= 0.6 is 0 Å². The second kappa shape index (κ2) is 7.41. The first kappa shape index (κ1) is 13.4. The predicted molar refractivity (Wildman–Crippen MR) is 75.2 cm³/mol. The van der Waals surface area contributed by atoms with E-state index in [1.54, 1.807) is 0 Å². The van der Waals surface area contributed by atoms with Gasteiger partial charge in [-0.2, -0.15) is 0 Å². The molecule has 2 aliphatic rings. The Balaban J connectivity index is 1.65. The minimum Gasteiger partial charge on any atom is -0.314 e. The first-order chi connectivity index (χ1) is 8.34. The molecule has 0 saturated heterocycles. The normalized spacial score (nSPS) is 33.0. The van der Waals surface area contributed by atoms with Crippen molar-refractivity contribution < 1.29 is 0 Å². The zero-order valence-corrected chi connectivity index (χ0v) is 11.7. The van der Waals surface area contributed by atoms with Crippen LogP contribution in [0.5, 0.6) is 0 Å². The molecule has 0 heterocycles. The molecule has 100 valence electrons.